The number of hydrogen-bond acceptors (Lipinski definition) is 6. The van der Waals surface area contributed by atoms with E-state index in [1.54, 1.807) is 0 Å². The van der Waals surface area contributed by atoms with Gasteiger partial charge in [-0.25, -0.2) is 17.5 Å². The van der Waals surface area contributed by atoms with Gasteiger partial charge in [-0.1, -0.05) is 0 Å². The van der Waals surface area contributed by atoms with Crippen LogP contribution in [0.4, 0.5) is 4.39 Å². The van der Waals surface area contributed by atoms with Crippen LogP contribution in [0.25, 0.3) is 0 Å². The zero-order valence-corrected chi connectivity index (χ0v) is 15.6. The lowest BCUT2D eigenvalue weighted by Gasteiger charge is -2.27. The normalized spacial score (nSPS) is 21.8. The zero-order valence-electron chi connectivity index (χ0n) is 14.7. The highest BCUT2D eigenvalue weighted by molar-refractivity contribution is 7.89. The quantitative estimate of drug-likeness (QED) is 0.673. The molecule has 2 aliphatic rings. The lowest BCUT2D eigenvalue weighted by atomic mass is 10.1. The van der Waals surface area contributed by atoms with E-state index < -0.39 is 15.8 Å². The number of nitrogens with one attached hydrogen (secondary N) is 2. The minimum absolute atomic E-state index is 0.0664. The lowest BCUT2D eigenvalue weighted by molar-refractivity contribution is 0.165. The monoisotopic (exact) mass is 387 g/mol. The number of sulfonamides is 1. The highest BCUT2D eigenvalue weighted by atomic mass is 32.2. The number of rotatable bonds is 8. The van der Waals surface area contributed by atoms with Crippen molar-refractivity contribution in [2.45, 2.75) is 11.3 Å². The highest BCUT2D eigenvalue weighted by Crippen LogP contribution is 2.23. The molecule has 26 heavy (non-hydrogen) atoms. The Hall–Kier alpha value is -1.26. The van der Waals surface area contributed by atoms with Crippen LogP contribution in [0, 0.1) is 11.7 Å². The molecular formula is C17H26FN3O4S. The van der Waals surface area contributed by atoms with Gasteiger partial charge < -0.3 is 14.8 Å². The van der Waals surface area contributed by atoms with Crippen molar-refractivity contribution in [2.24, 2.45) is 5.92 Å². The Bertz CT molecular complexity index is 689. The molecule has 2 aliphatic heterocycles. The molecule has 1 unspecified atom stereocenters. The molecule has 146 valence electrons. The number of piperazine rings is 1. The van der Waals surface area contributed by atoms with E-state index in [-0.39, 0.29) is 16.6 Å². The third kappa shape index (κ3) is 5.37. The third-order valence-corrected chi connectivity index (χ3v) is 6.10. The molecule has 0 bridgehead atoms. The van der Waals surface area contributed by atoms with Gasteiger partial charge >= 0.3 is 0 Å². The number of ether oxygens (including phenoxy) is 2. The summed E-state index contributed by atoms with van der Waals surface area (Å²) in [4.78, 5) is 2.09. The molecule has 1 aromatic carbocycles. The number of nitrogens with zero attached hydrogens (tertiary/aromatic N) is 1. The van der Waals surface area contributed by atoms with Gasteiger partial charge in [-0.15, -0.1) is 0 Å². The van der Waals surface area contributed by atoms with Crippen molar-refractivity contribution >= 4 is 10.0 Å². The third-order valence-electron chi connectivity index (χ3n) is 4.64. The van der Waals surface area contributed by atoms with Crippen LogP contribution in [-0.4, -0.2) is 72.4 Å². The minimum atomic E-state index is -3.74. The van der Waals surface area contributed by atoms with E-state index in [0.29, 0.717) is 32.9 Å². The highest BCUT2D eigenvalue weighted by Gasteiger charge is 2.20. The van der Waals surface area contributed by atoms with Gasteiger partial charge in [-0.3, -0.25) is 4.90 Å². The molecule has 0 saturated carbocycles. The maximum Gasteiger partial charge on any atom is 0.240 e. The van der Waals surface area contributed by atoms with E-state index in [2.05, 4.69) is 14.9 Å². The van der Waals surface area contributed by atoms with E-state index >= 15 is 0 Å². The predicted molar refractivity (Wildman–Crippen MR) is 95.3 cm³/mol. The van der Waals surface area contributed by atoms with Crippen LogP contribution in [0.5, 0.6) is 5.75 Å². The summed E-state index contributed by atoms with van der Waals surface area (Å²) < 4.78 is 52.1. The molecule has 2 heterocycles. The van der Waals surface area contributed by atoms with Crippen molar-refractivity contribution in [3.05, 3.63) is 24.0 Å². The number of benzene rings is 1. The van der Waals surface area contributed by atoms with Gasteiger partial charge in [0.15, 0.2) is 11.6 Å². The molecule has 0 aromatic heterocycles. The Kier molecular flexibility index (Phi) is 6.82. The topological polar surface area (TPSA) is 79.9 Å². The molecule has 2 fully saturated rings. The smallest absolute Gasteiger partial charge is 0.240 e. The minimum Gasteiger partial charge on any atom is -0.490 e. The molecule has 9 heteroatoms. The molecule has 0 aliphatic carbocycles. The molecule has 0 radical (unpaired) electrons. The maximum atomic E-state index is 14.2. The van der Waals surface area contributed by atoms with Gasteiger partial charge in [-0.2, -0.15) is 0 Å². The standard InChI is InChI=1S/C17H26FN3O4S/c18-16-11-15(1-2-17(16)25-13-14-3-10-24-12-14)26(22,23)20-6-9-21-7-4-19-5-8-21/h1-2,11,14,19-20H,3-10,12-13H2. The predicted octanol–water partition coefficient (Wildman–Crippen LogP) is 0.425. The summed E-state index contributed by atoms with van der Waals surface area (Å²) in [6.07, 6.45) is 0.894. The van der Waals surface area contributed by atoms with Crippen molar-refractivity contribution in [2.75, 3.05) is 59.1 Å². The van der Waals surface area contributed by atoms with Gasteiger partial charge in [0.05, 0.1) is 18.1 Å². The second kappa shape index (κ2) is 9.09. The van der Waals surface area contributed by atoms with Crippen molar-refractivity contribution in [3.8, 4) is 5.75 Å². The van der Waals surface area contributed by atoms with Crippen molar-refractivity contribution in [1.29, 1.82) is 0 Å². The van der Waals surface area contributed by atoms with Gasteiger partial charge in [0, 0.05) is 51.8 Å². The van der Waals surface area contributed by atoms with Crippen molar-refractivity contribution in [3.63, 3.8) is 0 Å². The fraction of sp³-hybridized carbons (Fsp3) is 0.647. The molecule has 0 amide bonds. The van der Waals surface area contributed by atoms with E-state index in [9.17, 15) is 12.8 Å². The maximum absolute atomic E-state index is 14.2. The first-order valence-electron chi connectivity index (χ1n) is 8.97. The van der Waals surface area contributed by atoms with Crippen LogP contribution >= 0.6 is 0 Å². The van der Waals surface area contributed by atoms with Gasteiger partial charge in [0.1, 0.15) is 0 Å². The Balaban J connectivity index is 1.52. The lowest BCUT2D eigenvalue weighted by Crippen LogP contribution is -2.46. The molecule has 2 saturated heterocycles. The van der Waals surface area contributed by atoms with E-state index in [0.717, 1.165) is 38.7 Å². The van der Waals surface area contributed by atoms with E-state index in [1.807, 2.05) is 0 Å². The van der Waals surface area contributed by atoms with Crippen LogP contribution in [-0.2, 0) is 14.8 Å². The average Bonchev–Trinajstić information content (AvgIpc) is 3.15. The molecule has 1 aromatic rings. The summed E-state index contributed by atoms with van der Waals surface area (Å²) in [6, 6.07) is 3.75. The summed E-state index contributed by atoms with van der Waals surface area (Å²) in [5.74, 6) is -0.352. The van der Waals surface area contributed by atoms with Gasteiger partial charge in [-0.05, 0) is 24.6 Å². The fourth-order valence-corrected chi connectivity index (χ4v) is 4.08. The van der Waals surface area contributed by atoms with Crippen LogP contribution in [0.3, 0.4) is 0 Å². The van der Waals surface area contributed by atoms with Crippen molar-refractivity contribution < 1.29 is 22.3 Å². The SMILES string of the molecule is O=S(=O)(NCCN1CCNCC1)c1ccc(OCC2CCOC2)c(F)c1. The second-order valence-electron chi connectivity index (χ2n) is 6.62. The summed E-state index contributed by atoms with van der Waals surface area (Å²) in [7, 11) is -3.74. The summed E-state index contributed by atoms with van der Waals surface area (Å²) in [5, 5.41) is 3.25. The Morgan fingerprint density at radius 2 is 2.15 bits per heavy atom. The van der Waals surface area contributed by atoms with Crippen molar-refractivity contribution in [1.82, 2.24) is 14.9 Å². The van der Waals surface area contributed by atoms with E-state index in [4.69, 9.17) is 9.47 Å². The molecule has 3 rings (SSSR count). The second-order valence-corrected chi connectivity index (χ2v) is 8.39. The Morgan fingerprint density at radius 3 is 2.85 bits per heavy atom. The first-order chi connectivity index (χ1) is 12.5. The van der Waals surface area contributed by atoms with E-state index in [1.165, 1.54) is 12.1 Å². The largest absolute Gasteiger partial charge is 0.490 e. The molecule has 7 nitrogen and oxygen atoms in total. The average molecular weight is 387 g/mol. The van der Waals surface area contributed by atoms with Crippen LogP contribution in [0.1, 0.15) is 6.42 Å². The van der Waals surface area contributed by atoms with Crippen LogP contribution in [0.15, 0.2) is 23.1 Å². The number of halogens is 1. The Labute approximate surface area is 153 Å². The summed E-state index contributed by atoms with van der Waals surface area (Å²) in [6.45, 7) is 6.23. The van der Waals surface area contributed by atoms with Crippen LogP contribution in [0.2, 0.25) is 0 Å². The molecule has 1 atom stereocenters. The number of hydrogen-bond donors (Lipinski definition) is 2. The van der Waals surface area contributed by atoms with Crippen LogP contribution < -0.4 is 14.8 Å². The zero-order chi connectivity index (χ0) is 18.4. The first-order valence-corrected chi connectivity index (χ1v) is 10.5. The van der Waals surface area contributed by atoms with Gasteiger partial charge in [0.25, 0.3) is 0 Å². The molecular weight excluding hydrogens is 361 g/mol. The summed E-state index contributed by atoms with van der Waals surface area (Å²) >= 11 is 0. The summed E-state index contributed by atoms with van der Waals surface area (Å²) in [5.41, 5.74) is 0. The molecule has 0 spiro atoms. The van der Waals surface area contributed by atoms with Gasteiger partial charge in [0.2, 0.25) is 10.0 Å². The molecule has 2 N–H and O–H groups in total. The Morgan fingerprint density at radius 1 is 1.35 bits per heavy atom. The fourth-order valence-electron chi connectivity index (χ4n) is 3.04. The first kappa shape index (κ1) is 19.5.